The van der Waals surface area contributed by atoms with Gasteiger partial charge in [0.25, 0.3) is 0 Å². The van der Waals surface area contributed by atoms with E-state index in [9.17, 15) is 4.79 Å². The molecule has 1 aliphatic carbocycles. The molecule has 20 heavy (non-hydrogen) atoms. The Morgan fingerprint density at radius 3 is 2.75 bits per heavy atom. The van der Waals surface area contributed by atoms with Crippen LogP contribution >= 0.6 is 0 Å². The summed E-state index contributed by atoms with van der Waals surface area (Å²) in [6.07, 6.45) is 4.82. The predicted molar refractivity (Wildman–Crippen MR) is 76.7 cm³/mol. The maximum Gasteiger partial charge on any atom is 0.317 e. The number of carbonyl (C=O) groups is 1. The van der Waals surface area contributed by atoms with Crippen molar-refractivity contribution in [2.24, 2.45) is 0 Å². The summed E-state index contributed by atoms with van der Waals surface area (Å²) in [5.74, 6) is 0.00479. The first-order chi connectivity index (χ1) is 9.61. The van der Waals surface area contributed by atoms with Gasteiger partial charge in [0.2, 0.25) is 0 Å². The van der Waals surface area contributed by atoms with Crippen LogP contribution in [0.1, 0.15) is 29.8 Å². The van der Waals surface area contributed by atoms with Crippen molar-refractivity contribution in [3.8, 4) is 0 Å². The maximum absolute atomic E-state index is 10.7. The molecule has 5 nitrogen and oxygen atoms in total. The predicted octanol–water partition coefficient (Wildman–Crippen LogP) is 1.96. The van der Waals surface area contributed by atoms with Crippen molar-refractivity contribution >= 4 is 17.0 Å². The first-order valence-electron chi connectivity index (χ1n) is 7.02. The number of aromatic nitrogens is 2. The fraction of sp³-hybridized carbons (Fsp3) is 0.467. The Balaban J connectivity index is 1.85. The molecular formula is C15H19N3O2. The number of fused-ring (bicyclic) bond motifs is 2. The summed E-state index contributed by atoms with van der Waals surface area (Å²) in [6, 6.07) is 4.39. The third-order valence-corrected chi connectivity index (χ3v) is 3.82. The van der Waals surface area contributed by atoms with Gasteiger partial charge in [-0.2, -0.15) is 0 Å². The molecule has 1 aliphatic rings. The maximum atomic E-state index is 10.7. The number of benzene rings is 1. The lowest BCUT2D eigenvalue weighted by atomic mass is 9.91. The van der Waals surface area contributed by atoms with Crippen molar-refractivity contribution in [2.45, 2.75) is 32.2 Å². The van der Waals surface area contributed by atoms with Gasteiger partial charge in [0, 0.05) is 0 Å². The van der Waals surface area contributed by atoms with E-state index >= 15 is 0 Å². The highest BCUT2D eigenvalue weighted by atomic mass is 16.4. The number of rotatable bonds is 4. The lowest BCUT2D eigenvalue weighted by molar-refractivity contribution is -0.138. The second-order valence-electron chi connectivity index (χ2n) is 5.59. The van der Waals surface area contributed by atoms with E-state index in [2.05, 4.69) is 22.1 Å². The largest absolute Gasteiger partial charge is 0.480 e. The van der Waals surface area contributed by atoms with Crippen LogP contribution in [0.4, 0.5) is 0 Å². The molecule has 1 aromatic carbocycles. The number of aromatic amines is 1. The molecule has 0 amide bonds. The monoisotopic (exact) mass is 273 g/mol. The average molecular weight is 273 g/mol. The number of carboxylic acid groups (broad SMARTS) is 1. The minimum atomic E-state index is -0.820. The summed E-state index contributed by atoms with van der Waals surface area (Å²) in [4.78, 5) is 20.3. The topological polar surface area (TPSA) is 69.2 Å². The molecule has 0 atom stereocenters. The third-order valence-electron chi connectivity index (χ3n) is 3.82. The second kappa shape index (κ2) is 5.25. The highest BCUT2D eigenvalue weighted by Crippen LogP contribution is 2.25. The Hall–Kier alpha value is -1.88. The minimum absolute atomic E-state index is 0.0214. The fourth-order valence-corrected chi connectivity index (χ4v) is 2.91. The van der Waals surface area contributed by atoms with Crippen LogP contribution in [-0.4, -0.2) is 39.5 Å². The van der Waals surface area contributed by atoms with Gasteiger partial charge in [0.05, 0.1) is 24.1 Å². The van der Waals surface area contributed by atoms with E-state index < -0.39 is 5.97 Å². The van der Waals surface area contributed by atoms with Gasteiger partial charge in [-0.05, 0) is 56.0 Å². The Labute approximate surface area is 117 Å². The van der Waals surface area contributed by atoms with Crippen molar-refractivity contribution in [3.63, 3.8) is 0 Å². The molecule has 2 aromatic rings. The number of aryl methyl sites for hydroxylation is 2. The SMILES string of the molecule is CN(CC(=O)O)Cc1nc2cc3c(cc2[nH]1)CCCC3. The van der Waals surface area contributed by atoms with Gasteiger partial charge in [-0.1, -0.05) is 0 Å². The molecule has 0 unspecified atom stereocenters. The summed E-state index contributed by atoms with van der Waals surface area (Å²) in [5, 5.41) is 8.77. The Kier molecular flexibility index (Phi) is 3.44. The van der Waals surface area contributed by atoms with E-state index in [1.807, 2.05) is 0 Å². The van der Waals surface area contributed by atoms with E-state index in [1.165, 1.54) is 24.0 Å². The molecule has 5 heteroatoms. The first kappa shape index (κ1) is 13.1. The van der Waals surface area contributed by atoms with E-state index in [-0.39, 0.29) is 6.54 Å². The molecule has 0 fully saturated rings. The standard InChI is InChI=1S/C15H19N3O2/c1-18(9-15(19)20)8-14-16-12-6-10-4-2-3-5-11(10)7-13(12)17-14/h6-7H,2-5,8-9H2,1H3,(H,16,17)(H,19,20). The van der Waals surface area contributed by atoms with Crippen molar-refractivity contribution in [3.05, 3.63) is 29.1 Å². The lowest BCUT2D eigenvalue weighted by Gasteiger charge is -2.14. The number of hydrogen-bond acceptors (Lipinski definition) is 3. The molecule has 2 N–H and O–H groups in total. The van der Waals surface area contributed by atoms with Gasteiger partial charge in [-0.15, -0.1) is 0 Å². The average Bonchev–Trinajstić information content (AvgIpc) is 2.75. The number of carboxylic acids is 1. The Morgan fingerprint density at radius 1 is 1.35 bits per heavy atom. The molecule has 0 aliphatic heterocycles. The van der Waals surface area contributed by atoms with E-state index in [0.29, 0.717) is 6.54 Å². The van der Waals surface area contributed by atoms with Crippen LogP contribution in [0, 0.1) is 0 Å². The molecule has 1 heterocycles. The molecule has 0 saturated carbocycles. The number of likely N-dealkylation sites (N-methyl/N-ethyl adjacent to an activating group) is 1. The highest BCUT2D eigenvalue weighted by Gasteiger charge is 2.13. The van der Waals surface area contributed by atoms with Crippen molar-refractivity contribution in [1.82, 2.24) is 14.9 Å². The number of imidazole rings is 1. The zero-order valence-electron chi connectivity index (χ0n) is 11.6. The summed E-state index contributed by atoms with van der Waals surface area (Å²) in [6.45, 7) is 0.541. The van der Waals surface area contributed by atoms with E-state index in [4.69, 9.17) is 5.11 Å². The summed E-state index contributed by atoms with van der Waals surface area (Å²) >= 11 is 0. The summed E-state index contributed by atoms with van der Waals surface area (Å²) in [5.41, 5.74) is 4.90. The number of nitrogens with zero attached hydrogens (tertiary/aromatic N) is 2. The van der Waals surface area contributed by atoms with Crippen LogP contribution in [0.3, 0.4) is 0 Å². The lowest BCUT2D eigenvalue weighted by Crippen LogP contribution is -2.25. The van der Waals surface area contributed by atoms with Crippen LogP contribution in [0.2, 0.25) is 0 Å². The Bertz CT molecular complexity index is 605. The van der Waals surface area contributed by atoms with E-state index in [0.717, 1.165) is 29.7 Å². The number of hydrogen-bond donors (Lipinski definition) is 2. The van der Waals surface area contributed by atoms with Gasteiger partial charge in [-0.25, -0.2) is 4.98 Å². The van der Waals surface area contributed by atoms with Crippen LogP contribution in [0.5, 0.6) is 0 Å². The van der Waals surface area contributed by atoms with Crippen molar-refractivity contribution in [2.75, 3.05) is 13.6 Å². The molecule has 0 spiro atoms. The number of aliphatic carboxylic acids is 1. The quantitative estimate of drug-likeness (QED) is 0.893. The highest BCUT2D eigenvalue weighted by molar-refractivity contribution is 5.77. The minimum Gasteiger partial charge on any atom is -0.480 e. The second-order valence-corrected chi connectivity index (χ2v) is 5.59. The third kappa shape index (κ3) is 2.67. The van der Waals surface area contributed by atoms with Crippen molar-refractivity contribution < 1.29 is 9.90 Å². The molecular weight excluding hydrogens is 254 g/mol. The molecule has 0 saturated heterocycles. The van der Waals surface area contributed by atoms with Gasteiger partial charge >= 0.3 is 5.97 Å². The number of H-pyrrole nitrogens is 1. The zero-order chi connectivity index (χ0) is 14.1. The first-order valence-corrected chi connectivity index (χ1v) is 7.02. The van der Waals surface area contributed by atoms with Crippen LogP contribution in [0.15, 0.2) is 12.1 Å². The molecule has 3 rings (SSSR count). The van der Waals surface area contributed by atoms with E-state index in [1.54, 1.807) is 11.9 Å². The Morgan fingerprint density at radius 2 is 2.05 bits per heavy atom. The van der Waals surface area contributed by atoms with Gasteiger partial charge < -0.3 is 10.1 Å². The zero-order valence-corrected chi connectivity index (χ0v) is 11.6. The van der Waals surface area contributed by atoms with Crippen LogP contribution in [-0.2, 0) is 24.2 Å². The fourth-order valence-electron chi connectivity index (χ4n) is 2.91. The molecule has 0 bridgehead atoms. The number of nitrogens with one attached hydrogen (secondary N) is 1. The summed E-state index contributed by atoms with van der Waals surface area (Å²) < 4.78 is 0. The normalized spacial score (nSPS) is 14.7. The van der Waals surface area contributed by atoms with Gasteiger partial charge in [0.1, 0.15) is 5.82 Å². The summed E-state index contributed by atoms with van der Waals surface area (Å²) in [7, 11) is 1.78. The molecule has 1 aromatic heterocycles. The van der Waals surface area contributed by atoms with Crippen molar-refractivity contribution in [1.29, 1.82) is 0 Å². The smallest absolute Gasteiger partial charge is 0.317 e. The molecule has 0 radical (unpaired) electrons. The molecule has 106 valence electrons. The van der Waals surface area contributed by atoms with Gasteiger partial charge in [0.15, 0.2) is 0 Å². The van der Waals surface area contributed by atoms with Crippen LogP contribution in [0.25, 0.3) is 11.0 Å². The van der Waals surface area contributed by atoms with Crippen LogP contribution < -0.4 is 0 Å². The van der Waals surface area contributed by atoms with Gasteiger partial charge in [-0.3, -0.25) is 9.69 Å².